The number of thiocarbonyl (C=S) groups is 1. The van der Waals surface area contributed by atoms with Crippen molar-refractivity contribution in [1.82, 2.24) is 4.90 Å². The molecule has 1 aliphatic heterocycles. The maximum atomic E-state index is 11.4. The number of nitrogens with zero attached hydrogens (tertiary/aromatic N) is 1. The maximum absolute atomic E-state index is 11.4. The van der Waals surface area contributed by atoms with E-state index >= 15 is 0 Å². The number of hydrogen-bond donors (Lipinski definition) is 1. The summed E-state index contributed by atoms with van der Waals surface area (Å²) in [5.41, 5.74) is 3.00. The predicted molar refractivity (Wildman–Crippen MR) is 107 cm³/mol. The van der Waals surface area contributed by atoms with Crippen molar-refractivity contribution in [3.05, 3.63) is 65.7 Å². The zero-order valence-corrected chi connectivity index (χ0v) is 15.4. The van der Waals surface area contributed by atoms with Crippen molar-refractivity contribution in [2.45, 2.75) is 38.6 Å². The van der Waals surface area contributed by atoms with Gasteiger partial charge < -0.3 is 10.2 Å². The molecule has 0 radical (unpaired) electrons. The Morgan fingerprint density at radius 1 is 1.12 bits per heavy atom. The quantitative estimate of drug-likeness (QED) is 0.639. The van der Waals surface area contributed by atoms with Crippen molar-refractivity contribution in [2.75, 3.05) is 11.9 Å². The standard InChI is InChI=1S/C21H24N2OS/c1-16(24)18-10-12-19(13-11-18)22-21(25)23-14-6-5-9-20(23)15-17-7-3-2-4-8-17/h2-4,7-8,10-13,20H,5-6,9,14-15H2,1H3,(H,22,25). The molecule has 1 fully saturated rings. The number of piperidine rings is 1. The lowest BCUT2D eigenvalue weighted by atomic mass is 9.96. The normalized spacial score (nSPS) is 17.2. The predicted octanol–water partition coefficient (Wildman–Crippen LogP) is 4.68. The van der Waals surface area contributed by atoms with Gasteiger partial charge in [0.2, 0.25) is 0 Å². The minimum absolute atomic E-state index is 0.0769. The van der Waals surface area contributed by atoms with Crippen LogP contribution in [0.2, 0.25) is 0 Å². The van der Waals surface area contributed by atoms with Crippen molar-refractivity contribution >= 4 is 28.8 Å². The van der Waals surface area contributed by atoms with Gasteiger partial charge in [-0.2, -0.15) is 0 Å². The van der Waals surface area contributed by atoms with Crippen LogP contribution in [0.4, 0.5) is 5.69 Å². The van der Waals surface area contributed by atoms with Crippen LogP contribution >= 0.6 is 12.2 Å². The Hall–Kier alpha value is -2.20. The van der Waals surface area contributed by atoms with Crippen LogP contribution in [0, 0.1) is 0 Å². The molecular weight excluding hydrogens is 328 g/mol. The van der Waals surface area contributed by atoms with Crippen LogP contribution in [0.3, 0.4) is 0 Å². The van der Waals surface area contributed by atoms with Crippen molar-refractivity contribution < 1.29 is 4.79 Å². The number of nitrogens with one attached hydrogen (secondary N) is 1. The lowest BCUT2D eigenvalue weighted by molar-refractivity contribution is 0.101. The third-order valence-corrected chi connectivity index (χ3v) is 5.08. The topological polar surface area (TPSA) is 32.3 Å². The molecule has 0 saturated carbocycles. The molecule has 1 atom stereocenters. The van der Waals surface area contributed by atoms with Crippen molar-refractivity contribution in [1.29, 1.82) is 0 Å². The number of carbonyl (C=O) groups is 1. The first-order valence-corrected chi connectivity index (χ1v) is 9.27. The van der Waals surface area contributed by atoms with Gasteiger partial charge >= 0.3 is 0 Å². The van der Waals surface area contributed by atoms with Crippen LogP contribution in [0.1, 0.15) is 42.1 Å². The van der Waals surface area contributed by atoms with Crippen LogP contribution in [0.5, 0.6) is 0 Å². The van der Waals surface area contributed by atoms with Gasteiger partial charge in [0.25, 0.3) is 0 Å². The molecule has 1 N–H and O–H groups in total. The van der Waals surface area contributed by atoms with E-state index in [1.54, 1.807) is 6.92 Å². The molecule has 3 rings (SSSR count). The summed E-state index contributed by atoms with van der Waals surface area (Å²) in [7, 11) is 0. The Bertz CT molecular complexity index is 727. The summed E-state index contributed by atoms with van der Waals surface area (Å²) in [6.07, 6.45) is 4.62. The molecule has 2 aromatic carbocycles. The molecule has 3 nitrogen and oxygen atoms in total. The molecule has 130 valence electrons. The second kappa shape index (κ2) is 8.26. The van der Waals surface area contributed by atoms with Crippen molar-refractivity contribution in [2.24, 2.45) is 0 Å². The molecule has 1 aliphatic rings. The van der Waals surface area contributed by atoms with E-state index in [0.717, 1.165) is 29.3 Å². The lowest BCUT2D eigenvalue weighted by Crippen LogP contribution is -2.46. The number of hydrogen-bond acceptors (Lipinski definition) is 2. The Balaban J connectivity index is 1.67. The van der Waals surface area contributed by atoms with Crippen LogP contribution in [0.25, 0.3) is 0 Å². The summed E-state index contributed by atoms with van der Waals surface area (Å²) in [4.78, 5) is 13.7. The molecule has 0 aromatic heterocycles. The highest BCUT2D eigenvalue weighted by Gasteiger charge is 2.24. The summed E-state index contributed by atoms with van der Waals surface area (Å²) >= 11 is 5.68. The van der Waals surface area contributed by atoms with E-state index in [0.29, 0.717) is 6.04 Å². The Kier molecular flexibility index (Phi) is 5.82. The van der Waals surface area contributed by atoms with E-state index in [1.807, 2.05) is 24.3 Å². The Morgan fingerprint density at radius 3 is 2.52 bits per heavy atom. The fourth-order valence-electron chi connectivity index (χ4n) is 3.35. The monoisotopic (exact) mass is 352 g/mol. The first kappa shape index (κ1) is 17.6. The summed E-state index contributed by atoms with van der Waals surface area (Å²) in [5, 5.41) is 4.11. The third-order valence-electron chi connectivity index (χ3n) is 4.74. The molecule has 0 aliphatic carbocycles. The average molecular weight is 353 g/mol. The van der Waals surface area contributed by atoms with Crippen LogP contribution in [-0.4, -0.2) is 28.4 Å². The summed E-state index contributed by atoms with van der Waals surface area (Å²) in [5.74, 6) is 0.0769. The van der Waals surface area contributed by atoms with Gasteiger partial charge in [0.15, 0.2) is 10.9 Å². The second-order valence-corrected chi connectivity index (χ2v) is 6.98. The van der Waals surface area contributed by atoms with Gasteiger partial charge in [-0.3, -0.25) is 4.79 Å². The highest BCUT2D eigenvalue weighted by molar-refractivity contribution is 7.80. The SMILES string of the molecule is CC(=O)c1ccc(NC(=S)N2CCCCC2Cc2ccccc2)cc1. The zero-order valence-electron chi connectivity index (χ0n) is 14.6. The van der Waals surface area contributed by atoms with Crippen molar-refractivity contribution in [3.8, 4) is 0 Å². The smallest absolute Gasteiger partial charge is 0.173 e. The molecule has 4 heteroatoms. The largest absolute Gasteiger partial charge is 0.346 e. The van der Waals surface area contributed by atoms with E-state index < -0.39 is 0 Å². The van der Waals surface area contributed by atoms with Gasteiger partial charge in [0.1, 0.15) is 0 Å². The van der Waals surface area contributed by atoms with E-state index in [2.05, 4.69) is 40.5 Å². The van der Waals surface area contributed by atoms with E-state index in [4.69, 9.17) is 12.2 Å². The third kappa shape index (κ3) is 4.67. The van der Waals surface area contributed by atoms with Gasteiger partial charge in [0, 0.05) is 23.8 Å². The van der Waals surface area contributed by atoms with Crippen molar-refractivity contribution in [3.63, 3.8) is 0 Å². The fourth-order valence-corrected chi connectivity index (χ4v) is 3.71. The van der Waals surface area contributed by atoms with Crippen LogP contribution in [0.15, 0.2) is 54.6 Å². The molecule has 1 unspecified atom stereocenters. The number of Topliss-reactive ketones (excluding diaryl/α,β-unsaturated/α-hetero) is 1. The summed E-state index contributed by atoms with van der Waals surface area (Å²) in [6.45, 7) is 2.57. The number of carbonyl (C=O) groups excluding carboxylic acids is 1. The highest BCUT2D eigenvalue weighted by Crippen LogP contribution is 2.22. The number of likely N-dealkylation sites (tertiary alicyclic amines) is 1. The second-order valence-electron chi connectivity index (χ2n) is 6.60. The number of rotatable bonds is 4. The first-order chi connectivity index (χ1) is 12.1. The molecule has 2 aromatic rings. The molecule has 0 bridgehead atoms. The van der Waals surface area contributed by atoms with Gasteiger partial charge in [-0.05, 0) is 74.7 Å². The minimum Gasteiger partial charge on any atom is -0.346 e. The lowest BCUT2D eigenvalue weighted by Gasteiger charge is -2.38. The zero-order chi connectivity index (χ0) is 17.6. The summed E-state index contributed by atoms with van der Waals surface area (Å²) < 4.78 is 0. The number of benzene rings is 2. The van der Waals surface area contributed by atoms with Gasteiger partial charge in [-0.15, -0.1) is 0 Å². The highest BCUT2D eigenvalue weighted by atomic mass is 32.1. The number of ketones is 1. The van der Waals surface area contributed by atoms with Crippen LogP contribution in [-0.2, 0) is 6.42 Å². The van der Waals surface area contributed by atoms with E-state index in [1.165, 1.54) is 24.8 Å². The van der Waals surface area contributed by atoms with Gasteiger partial charge in [-0.1, -0.05) is 30.3 Å². The van der Waals surface area contributed by atoms with Gasteiger partial charge in [0.05, 0.1) is 0 Å². The van der Waals surface area contributed by atoms with Crippen LogP contribution < -0.4 is 5.32 Å². The molecule has 0 spiro atoms. The average Bonchev–Trinajstić information content (AvgIpc) is 2.63. The molecule has 0 amide bonds. The number of anilines is 1. The molecule has 1 saturated heterocycles. The van der Waals surface area contributed by atoms with Gasteiger partial charge in [-0.25, -0.2) is 0 Å². The maximum Gasteiger partial charge on any atom is 0.173 e. The summed E-state index contributed by atoms with van der Waals surface area (Å²) in [6, 6.07) is 18.6. The van der Waals surface area contributed by atoms with E-state index in [9.17, 15) is 4.79 Å². The first-order valence-electron chi connectivity index (χ1n) is 8.86. The Labute approximate surface area is 155 Å². The fraction of sp³-hybridized carbons (Fsp3) is 0.333. The molecule has 25 heavy (non-hydrogen) atoms. The molecular formula is C21H24N2OS. The molecule has 1 heterocycles. The minimum atomic E-state index is 0.0769. The Morgan fingerprint density at radius 2 is 1.84 bits per heavy atom. The van der Waals surface area contributed by atoms with E-state index in [-0.39, 0.29) is 5.78 Å².